The second-order valence-electron chi connectivity index (χ2n) is 4.52. The van der Waals surface area contributed by atoms with Crippen molar-refractivity contribution in [2.24, 2.45) is 0 Å². The number of nitrogens with one attached hydrogen (secondary N) is 1. The number of nitrogens with zero attached hydrogens (tertiary/aromatic N) is 2. The summed E-state index contributed by atoms with van der Waals surface area (Å²) in [6.45, 7) is 1.73. The standard InChI is InChI=1S/C10H12ClF2N3O/c1-10(17)3-5(4-10)14-7-2-6(9(12)13)8(11)16-15-7/h2,5,9,17H,3-4H2,1H3,(H,14,15). The van der Waals surface area contributed by atoms with Crippen molar-refractivity contribution in [3.8, 4) is 0 Å². The Hall–Kier alpha value is -1.01. The minimum atomic E-state index is -2.68. The van der Waals surface area contributed by atoms with Gasteiger partial charge in [0.05, 0.1) is 11.2 Å². The average molecular weight is 264 g/mol. The zero-order valence-corrected chi connectivity index (χ0v) is 9.88. The maximum atomic E-state index is 12.5. The van der Waals surface area contributed by atoms with Gasteiger partial charge in [-0.3, -0.25) is 0 Å². The molecule has 0 atom stereocenters. The van der Waals surface area contributed by atoms with Crippen molar-refractivity contribution in [1.82, 2.24) is 10.2 Å². The molecule has 2 N–H and O–H groups in total. The maximum Gasteiger partial charge on any atom is 0.267 e. The fourth-order valence-electron chi connectivity index (χ4n) is 1.93. The van der Waals surface area contributed by atoms with Gasteiger partial charge in [0, 0.05) is 6.04 Å². The molecule has 1 aliphatic rings. The third-order valence-electron chi connectivity index (χ3n) is 2.74. The molecule has 1 aromatic rings. The predicted molar refractivity (Wildman–Crippen MR) is 59.3 cm³/mol. The van der Waals surface area contributed by atoms with E-state index in [0.717, 1.165) is 0 Å². The molecular formula is C10H12ClF2N3O. The van der Waals surface area contributed by atoms with Gasteiger partial charge in [-0.2, -0.15) is 0 Å². The molecule has 1 fully saturated rings. The van der Waals surface area contributed by atoms with E-state index < -0.39 is 12.0 Å². The van der Waals surface area contributed by atoms with E-state index >= 15 is 0 Å². The Morgan fingerprint density at radius 1 is 1.53 bits per heavy atom. The van der Waals surface area contributed by atoms with Gasteiger partial charge in [-0.05, 0) is 25.8 Å². The molecule has 4 nitrogen and oxygen atoms in total. The van der Waals surface area contributed by atoms with Gasteiger partial charge in [0.1, 0.15) is 5.82 Å². The third-order valence-corrected chi connectivity index (χ3v) is 3.03. The van der Waals surface area contributed by atoms with Crippen LogP contribution in [-0.2, 0) is 0 Å². The van der Waals surface area contributed by atoms with Crippen LogP contribution in [-0.4, -0.2) is 26.9 Å². The highest BCUT2D eigenvalue weighted by Crippen LogP contribution is 2.34. The first-order valence-electron chi connectivity index (χ1n) is 5.17. The fourth-order valence-corrected chi connectivity index (χ4v) is 2.10. The van der Waals surface area contributed by atoms with Gasteiger partial charge in [-0.1, -0.05) is 11.6 Å². The van der Waals surface area contributed by atoms with E-state index in [-0.39, 0.29) is 22.6 Å². The molecule has 17 heavy (non-hydrogen) atoms. The highest BCUT2D eigenvalue weighted by molar-refractivity contribution is 6.30. The molecule has 7 heteroatoms. The van der Waals surface area contributed by atoms with E-state index in [1.54, 1.807) is 6.92 Å². The highest BCUT2D eigenvalue weighted by atomic mass is 35.5. The van der Waals surface area contributed by atoms with Crippen molar-refractivity contribution in [2.75, 3.05) is 5.32 Å². The zero-order valence-electron chi connectivity index (χ0n) is 9.12. The van der Waals surface area contributed by atoms with E-state index in [2.05, 4.69) is 15.5 Å². The fraction of sp³-hybridized carbons (Fsp3) is 0.600. The molecule has 0 bridgehead atoms. The molecule has 0 amide bonds. The third kappa shape index (κ3) is 2.81. The molecule has 94 valence electrons. The molecule has 1 aromatic heterocycles. The summed E-state index contributed by atoms with van der Waals surface area (Å²) in [5.74, 6) is 0.255. The first-order chi connectivity index (χ1) is 7.87. The van der Waals surface area contributed by atoms with Crippen molar-refractivity contribution in [2.45, 2.75) is 37.8 Å². The van der Waals surface area contributed by atoms with Gasteiger partial charge in [0.15, 0.2) is 5.15 Å². The van der Waals surface area contributed by atoms with Crippen LogP contribution in [0.15, 0.2) is 6.07 Å². The van der Waals surface area contributed by atoms with Gasteiger partial charge in [-0.15, -0.1) is 10.2 Å². The second-order valence-corrected chi connectivity index (χ2v) is 4.88. The SMILES string of the molecule is CC1(O)CC(Nc2cc(C(F)F)c(Cl)nn2)C1. The Bertz CT molecular complexity index is 420. The molecule has 0 spiro atoms. The van der Waals surface area contributed by atoms with E-state index in [4.69, 9.17) is 11.6 Å². The lowest BCUT2D eigenvalue weighted by Gasteiger charge is -2.41. The van der Waals surface area contributed by atoms with Crippen LogP contribution in [0, 0.1) is 0 Å². The second kappa shape index (κ2) is 4.34. The molecular weight excluding hydrogens is 252 g/mol. The summed E-state index contributed by atoms with van der Waals surface area (Å²) in [6.07, 6.45) is -1.56. The number of anilines is 1. The number of aliphatic hydroxyl groups is 1. The lowest BCUT2D eigenvalue weighted by molar-refractivity contribution is -0.0235. The first kappa shape index (κ1) is 12.4. The summed E-state index contributed by atoms with van der Waals surface area (Å²) in [5.41, 5.74) is -1.02. The number of hydrogen-bond donors (Lipinski definition) is 2. The van der Waals surface area contributed by atoms with Crippen LogP contribution in [0.3, 0.4) is 0 Å². The molecule has 0 unspecified atom stereocenters. The highest BCUT2D eigenvalue weighted by Gasteiger charge is 2.38. The van der Waals surface area contributed by atoms with Crippen molar-refractivity contribution in [3.63, 3.8) is 0 Å². The maximum absolute atomic E-state index is 12.5. The van der Waals surface area contributed by atoms with Gasteiger partial charge in [-0.25, -0.2) is 8.78 Å². The molecule has 0 radical (unpaired) electrons. The first-order valence-corrected chi connectivity index (χ1v) is 5.55. The Balaban J connectivity index is 2.05. The molecule has 1 aliphatic carbocycles. The Kier molecular flexibility index (Phi) is 3.18. The van der Waals surface area contributed by atoms with Gasteiger partial charge >= 0.3 is 0 Å². The number of hydrogen-bond acceptors (Lipinski definition) is 4. The van der Waals surface area contributed by atoms with Crippen LogP contribution in [0.1, 0.15) is 31.8 Å². The predicted octanol–water partition coefficient (Wildman–Crippen LogP) is 2.39. The van der Waals surface area contributed by atoms with E-state index in [0.29, 0.717) is 12.8 Å². The Morgan fingerprint density at radius 2 is 2.18 bits per heavy atom. The van der Waals surface area contributed by atoms with E-state index in [9.17, 15) is 13.9 Å². The van der Waals surface area contributed by atoms with E-state index in [1.165, 1.54) is 6.07 Å². The average Bonchev–Trinajstić information content (AvgIpc) is 2.17. The van der Waals surface area contributed by atoms with Crippen LogP contribution in [0.4, 0.5) is 14.6 Å². The van der Waals surface area contributed by atoms with Crippen molar-refractivity contribution < 1.29 is 13.9 Å². The summed E-state index contributed by atoms with van der Waals surface area (Å²) < 4.78 is 25.1. The number of rotatable bonds is 3. The summed E-state index contributed by atoms with van der Waals surface area (Å²) in [6, 6.07) is 1.22. The van der Waals surface area contributed by atoms with Crippen LogP contribution < -0.4 is 5.32 Å². The summed E-state index contributed by atoms with van der Waals surface area (Å²) in [5, 5.41) is 19.3. The normalized spacial score (nSPS) is 28.0. The number of aromatic nitrogens is 2. The molecule has 0 aliphatic heterocycles. The summed E-state index contributed by atoms with van der Waals surface area (Å²) >= 11 is 5.50. The van der Waals surface area contributed by atoms with Crippen molar-refractivity contribution in [3.05, 3.63) is 16.8 Å². The van der Waals surface area contributed by atoms with Gasteiger partial charge in [0.2, 0.25) is 0 Å². The van der Waals surface area contributed by atoms with Crippen LogP contribution in [0.5, 0.6) is 0 Å². The Morgan fingerprint density at radius 3 is 2.71 bits per heavy atom. The number of halogens is 3. The lowest BCUT2D eigenvalue weighted by atomic mass is 9.77. The lowest BCUT2D eigenvalue weighted by Crippen LogP contribution is -2.48. The summed E-state index contributed by atoms with van der Waals surface area (Å²) in [7, 11) is 0. The zero-order chi connectivity index (χ0) is 12.6. The van der Waals surface area contributed by atoms with Crippen LogP contribution in [0.25, 0.3) is 0 Å². The van der Waals surface area contributed by atoms with E-state index in [1.807, 2.05) is 0 Å². The molecule has 0 aromatic carbocycles. The van der Waals surface area contributed by atoms with Gasteiger partial charge < -0.3 is 10.4 Å². The number of alkyl halides is 2. The monoisotopic (exact) mass is 263 g/mol. The van der Waals surface area contributed by atoms with Crippen LogP contribution >= 0.6 is 11.6 Å². The van der Waals surface area contributed by atoms with Crippen LogP contribution in [0.2, 0.25) is 5.15 Å². The topological polar surface area (TPSA) is 58.0 Å². The van der Waals surface area contributed by atoms with Crippen molar-refractivity contribution >= 4 is 17.4 Å². The molecule has 0 saturated heterocycles. The minimum Gasteiger partial charge on any atom is -0.390 e. The van der Waals surface area contributed by atoms with Gasteiger partial charge in [0.25, 0.3) is 6.43 Å². The minimum absolute atomic E-state index is 0.0333. The van der Waals surface area contributed by atoms with Crippen molar-refractivity contribution in [1.29, 1.82) is 0 Å². The largest absolute Gasteiger partial charge is 0.390 e. The molecule has 1 heterocycles. The quantitative estimate of drug-likeness (QED) is 0.879. The smallest absolute Gasteiger partial charge is 0.267 e. The molecule has 1 saturated carbocycles. The summed E-state index contributed by atoms with van der Waals surface area (Å²) in [4.78, 5) is 0. The molecule has 2 rings (SSSR count). The Labute approximate surface area is 102 Å².